The molecule has 160 valence electrons. The van der Waals surface area contributed by atoms with Crippen LogP contribution in [0.2, 0.25) is 0 Å². The van der Waals surface area contributed by atoms with Gasteiger partial charge in [0, 0.05) is 18.2 Å². The number of aromatic nitrogens is 1. The predicted molar refractivity (Wildman–Crippen MR) is 117 cm³/mol. The molecule has 1 aromatic rings. The van der Waals surface area contributed by atoms with Gasteiger partial charge in [0.1, 0.15) is 5.82 Å². The number of hydrogen-bond acceptors (Lipinski definition) is 4. The molecule has 4 heteroatoms. The van der Waals surface area contributed by atoms with Crippen LogP contribution in [0.3, 0.4) is 0 Å². The maximum Gasteiger partial charge on any atom is 0.123 e. The molecule has 0 radical (unpaired) electrons. The fraction of sp³-hybridized carbons (Fsp3) is 0.800. The maximum absolute atomic E-state index is 6.98. The standard InChI is InChI=1S/C25H39N3O/c1-23(2)20-7-10-25(29-23,15-21(20)26)19-12-18(11-17-5-6-22(27)28-16-17)13-24(14-19)8-3-4-9-24/h5-6,16,18-21H,3-4,7-15,26H2,1-2H3,(H2,27,28)/t18-,19+,20+,21-,25-/m0/s1. The summed E-state index contributed by atoms with van der Waals surface area (Å²) in [5.41, 5.74) is 14.3. The van der Waals surface area contributed by atoms with Crippen molar-refractivity contribution in [2.45, 2.75) is 102 Å². The van der Waals surface area contributed by atoms with Gasteiger partial charge in [0.15, 0.2) is 0 Å². The van der Waals surface area contributed by atoms with Crippen molar-refractivity contribution < 1.29 is 4.74 Å². The quantitative estimate of drug-likeness (QED) is 0.764. The van der Waals surface area contributed by atoms with Crippen molar-refractivity contribution in [3.05, 3.63) is 23.9 Å². The summed E-state index contributed by atoms with van der Waals surface area (Å²) in [5.74, 6) is 2.50. The third-order valence-electron chi connectivity index (χ3n) is 9.14. The molecule has 3 heterocycles. The second-order valence-corrected chi connectivity index (χ2v) is 11.5. The van der Waals surface area contributed by atoms with Gasteiger partial charge in [0.05, 0.1) is 11.2 Å². The second-order valence-electron chi connectivity index (χ2n) is 11.5. The van der Waals surface area contributed by atoms with E-state index in [-0.39, 0.29) is 11.2 Å². The third-order valence-corrected chi connectivity index (χ3v) is 9.14. The van der Waals surface area contributed by atoms with E-state index in [2.05, 4.69) is 24.9 Å². The van der Waals surface area contributed by atoms with E-state index in [0.29, 0.717) is 35.0 Å². The van der Waals surface area contributed by atoms with Gasteiger partial charge in [-0.15, -0.1) is 0 Å². The van der Waals surface area contributed by atoms with Gasteiger partial charge in [-0.1, -0.05) is 18.9 Å². The van der Waals surface area contributed by atoms with E-state index in [1.165, 1.54) is 63.4 Å². The highest BCUT2D eigenvalue weighted by molar-refractivity contribution is 5.29. The Bertz CT molecular complexity index is 739. The summed E-state index contributed by atoms with van der Waals surface area (Å²) in [5, 5.41) is 0. The van der Waals surface area contributed by atoms with Gasteiger partial charge in [-0.05, 0) is 101 Å². The SMILES string of the molecule is CC1(C)O[C@@]2([C@@H]3C[C@H](Cc4ccc(N)nc4)CC4(CCCC4)C3)CC[C@@H]1[C@@H](N)C2. The molecule has 4 nitrogen and oxygen atoms in total. The van der Waals surface area contributed by atoms with Crippen molar-refractivity contribution in [1.82, 2.24) is 4.98 Å². The summed E-state index contributed by atoms with van der Waals surface area (Å²) in [7, 11) is 0. The second kappa shape index (κ2) is 6.95. The summed E-state index contributed by atoms with van der Waals surface area (Å²) in [6, 6.07) is 4.42. The highest BCUT2D eigenvalue weighted by Crippen LogP contribution is 2.60. The highest BCUT2D eigenvalue weighted by atomic mass is 16.5. The monoisotopic (exact) mass is 397 g/mol. The topological polar surface area (TPSA) is 74.2 Å². The summed E-state index contributed by atoms with van der Waals surface area (Å²) >= 11 is 0. The van der Waals surface area contributed by atoms with Gasteiger partial charge < -0.3 is 16.2 Å². The summed E-state index contributed by atoms with van der Waals surface area (Å²) in [6.07, 6.45) is 16.3. The molecule has 0 aromatic carbocycles. The number of nitrogen functional groups attached to an aromatic ring is 1. The van der Waals surface area contributed by atoms with Crippen molar-refractivity contribution in [3.8, 4) is 0 Å². The first kappa shape index (κ1) is 19.8. The largest absolute Gasteiger partial charge is 0.384 e. The van der Waals surface area contributed by atoms with Crippen LogP contribution in [0.15, 0.2) is 18.3 Å². The highest BCUT2D eigenvalue weighted by Gasteiger charge is 2.59. The normalized spacial score (nSPS) is 40.4. The van der Waals surface area contributed by atoms with E-state index in [9.17, 15) is 0 Å². The molecule has 2 aliphatic heterocycles. The van der Waals surface area contributed by atoms with Gasteiger partial charge >= 0.3 is 0 Å². The minimum Gasteiger partial charge on any atom is -0.384 e. The van der Waals surface area contributed by atoms with Crippen LogP contribution in [0, 0.1) is 23.2 Å². The first-order valence-electron chi connectivity index (χ1n) is 12.0. The Hall–Kier alpha value is -1.13. The van der Waals surface area contributed by atoms with Crippen LogP contribution in [-0.2, 0) is 11.2 Å². The van der Waals surface area contributed by atoms with Crippen molar-refractivity contribution in [2.75, 3.05) is 5.73 Å². The number of rotatable bonds is 3. The molecule has 2 bridgehead atoms. The fourth-order valence-electron chi connectivity index (χ4n) is 8.03. The minimum atomic E-state index is -0.0768. The Morgan fingerprint density at radius 1 is 1.10 bits per heavy atom. The molecule has 1 spiro atoms. The van der Waals surface area contributed by atoms with E-state index in [1.807, 2.05) is 12.3 Å². The molecule has 5 atom stereocenters. The third kappa shape index (κ3) is 3.50. The van der Waals surface area contributed by atoms with Crippen molar-refractivity contribution in [1.29, 1.82) is 0 Å². The Morgan fingerprint density at radius 3 is 2.55 bits per heavy atom. The Labute approximate surface area is 176 Å². The first-order chi connectivity index (χ1) is 13.8. The number of pyridine rings is 1. The average Bonchev–Trinajstić information content (AvgIpc) is 3.09. The molecule has 29 heavy (non-hydrogen) atoms. The number of ether oxygens (including phenoxy) is 1. The number of anilines is 1. The van der Waals surface area contributed by atoms with Crippen LogP contribution >= 0.6 is 0 Å². The van der Waals surface area contributed by atoms with Gasteiger partial charge in [-0.3, -0.25) is 0 Å². The minimum absolute atomic E-state index is 0.00525. The lowest BCUT2D eigenvalue weighted by Gasteiger charge is -2.62. The van der Waals surface area contributed by atoms with Gasteiger partial charge in [-0.25, -0.2) is 4.98 Å². The summed E-state index contributed by atoms with van der Waals surface area (Å²) in [6.45, 7) is 4.58. The van der Waals surface area contributed by atoms with E-state index in [0.717, 1.165) is 12.8 Å². The first-order valence-corrected chi connectivity index (χ1v) is 12.0. The van der Waals surface area contributed by atoms with Crippen LogP contribution < -0.4 is 11.5 Å². The number of hydrogen-bond donors (Lipinski definition) is 2. The lowest BCUT2D eigenvalue weighted by Crippen LogP contribution is -2.66. The molecule has 4 N–H and O–H groups in total. The number of fused-ring (bicyclic) bond motifs is 3. The molecular formula is C25H39N3O. The summed E-state index contributed by atoms with van der Waals surface area (Å²) < 4.78 is 6.98. The van der Waals surface area contributed by atoms with Gasteiger partial charge in [-0.2, -0.15) is 0 Å². The average molecular weight is 398 g/mol. The number of nitrogens with two attached hydrogens (primary N) is 2. The van der Waals surface area contributed by atoms with Crippen molar-refractivity contribution in [2.24, 2.45) is 28.9 Å². The predicted octanol–water partition coefficient (Wildman–Crippen LogP) is 4.86. The van der Waals surface area contributed by atoms with Crippen molar-refractivity contribution >= 4 is 5.82 Å². The van der Waals surface area contributed by atoms with E-state index >= 15 is 0 Å². The van der Waals surface area contributed by atoms with Crippen LogP contribution in [0.5, 0.6) is 0 Å². The smallest absolute Gasteiger partial charge is 0.123 e. The Balaban J connectivity index is 1.42. The zero-order valence-electron chi connectivity index (χ0n) is 18.3. The molecule has 5 aliphatic rings. The van der Waals surface area contributed by atoms with Crippen LogP contribution in [0.4, 0.5) is 5.82 Å². The zero-order chi connectivity index (χ0) is 20.3. The molecule has 0 amide bonds. The fourth-order valence-corrected chi connectivity index (χ4v) is 8.03. The molecule has 2 saturated heterocycles. The van der Waals surface area contributed by atoms with E-state index in [1.54, 1.807) is 0 Å². The van der Waals surface area contributed by atoms with Gasteiger partial charge in [0.25, 0.3) is 0 Å². The van der Waals surface area contributed by atoms with Crippen LogP contribution in [0.25, 0.3) is 0 Å². The zero-order valence-corrected chi connectivity index (χ0v) is 18.3. The molecule has 0 unspecified atom stereocenters. The molecule has 6 rings (SSSR count). The number of nitrogens with zero attached hydrogens (tertiary/aromatic N) is 1. The Morgan fingerprint density at radius 2 is 1.90 bits per heavy atom. The molecule has 1 aromatic heterocycles. The lowest BCUT2D eigenvalue weighted by molar-refractivity contribution is -0.273. The molecule has 5 fully saturated rings. The lowest BCUT2D eigenvalue weighted by atomic mass is 9.54. The van der Waals surface area contributed by atoms with Crippen LogP contribution in [-0.4, -0.2) is 22.2 Å². The molecular weight excluding hydrogens is 358 g/mol. The molecule has 3 aliphatic carbocycles. The van der Waals surface area contributed by atoms with Gasteiger partial charge in [0.2, 0.25) is 0 Å². The van der Waals surface area contributed by atoms with E-state index in [4.69, 9.17) is 16.2 Å². The van der Waals surface area contributed by atoms with Crippen LogP contribution in [0.1, 0.15) is 83.6 Å². The van der Waals surface area contributed by atoms with E-state index < -0.39 is 0 Å². The van der Waals surface area contributed by atoms with Crippen molar-refractivity contribution in [3.63, 3.8) is 0 Å². The maximum atomic E-state index is 6.98. The molecule has 3 saturated carbocycles. The Kier molecular flexibility index (Phi) is 4.75. The summed E-state index contributed by atoms with van der Waals surface area (Å²) in [4.78, 5) is 4.34.